The van der Waals surface area contributed by atoms with Crippen molar-refractivity contribution in [2.24, 2.45) is 0 Å². The maximum atomic E-state index is 5.39. The Balaban J connectivity index is 2.34. The molecule has 0 amide bonds. The van der Waals surface area contributed by atoms with Gasteiger partial charge in [0.1, 0.15) is 5.76 Å². The summed E-state index contributed by atoms with van der Waals surface area (Å²) in [6.45, 7) is 0. The maximum absolute atomic E-state index is 5.39. The van der Waals surface area contributed by atoms with Crippen LogP contribution in [0.1, 0.15) is 11.3 Å². The topological polar surface area (TPSA) is 13.1 Å². The first-order valence-corrected chi connectivity index (χ1v) is 4.99. The molecule has 1 aromatic carbocycles. The van der Waals surface area contributed by atoms with Crippen molar-refractivity contribution in [3.63, 3.8) is 0 Å². The number of halogens is 1. The summed E-state index contributed by atoms with van der Waals surface area (Å²) in [6.07, 6.45) is 2.67. The SMILES string of the molecule is Brc1cccc2c1Cc1occc1-2. The molecule has 0 unspecified atom stereocenters. The van der Waals surface area contributed by atoms with E-state index in [0.717, 1.165) is 12.2 Å². The fraction of sp³-hybridized carbons (Fsp3) is 0.0909. The summed E-state index contributed by atoms with van der Waals surface area (Å²) < 4.78 is 6.57. The average Bonchev–Trinajstić information content (AvgIpc) is 2.65. The zero-order chi connectivity index (χ0) is 8.84. The second kappa shape index (κ2) is 2.48. The van der Waals surface area contributed by atoms with Gasteiger partial charge < -0.3 is 4.42 Å². The van der Waals surface area contributed by atoms with Gasteiger partial charge in [0, 0.05) is 16.5 Å². The fourth-order valence-corrected chi connectivity index (χ4v) is 2.38. The zero-order valence-corrected chi connectivity index (χ0v) is 8.47. The summed E-state index contributed by atoms with van der Waals surface area (Å²) in [5.74, 6) is 1.09. The first kappa shape index (κ1) is 7.39. The van der Waals surface area contributed by atoms with Gasteiger partial charge in [-0.3, -0.25) is 0 Å². The lowest BCUT2D eigenvalue weighted by Gasteiger charge is -2.00. The van der Waals surface area contributed by atoms with Gasteiger partial charge in [0.15, 0.2) is 0 Å². The van der Waals surface area contributed by atoms with Crippen molar-refractivity contribution in [3.05, 3.63) is 46.3 Å². The predicted octanol–water partition coefficient (Wildman–Crippen LogP) is 3.61. The normalized spacial score (nSPS) is 12.7. The summed E-state index contributed by atoms with van der Waals surface area (Å²) >= 11 is 3.55. The molecular weight excluding hydrogens is 228 g/mol. The number of furan rings is 1. The van der Waals surface area contributed by atoms with Gasteiger partial charge in [0.05, 0.1) is 6.26 Å². The number of fused-ring (bicyclic) bond motifs is 3. The highest BCUT2D eigenvalue weighted by Gasteiger charge is 2.22. The van der Waals surface area contributed by atoms with Crippen molar-refractivity contribution < 1.29 is 4.42 Å². The molecular formula is C11H7BrO. The van der Waals surface area contributed by atoms with Gasteiger partial charge in [-0.25, -0.2) is 0 Å². The minimum atomic E-state index is 0.916. The monoisotopic (exact) mass is 234 g/mol. The Morgan fingerprint density at radius 2 is 2.08 bits per heavy atom. The van der Waals surface area contributed by atoms with Gasteiger partial charge in [0.25, 0.3) is 0 Å². The van der Waals surface area contributed by atoms with E-state index in [1.54, 1.807) is 6.26 Å². The second-order valence-electron chi connectivity index (χ2n) is 3.20. The third-order valence-electron chi connectivity index (χ3n) is 2.49. The van der Waals surface area contributed by atoms with Crippen LogP contribution in [0.4, 0.5) is 0 Å². The van der Waals surface area contributed by atoms with Crippen LogP contribution in [0.5, 0.6) is 0 Å². The van der Waals surface area contributed by atoms with Gasteiger partial charge in [-0.15, -0.1) is 0 Å². The molecule has 0 radical (unpaired) electrons. The molecule has 64 valence electrons. The summed E-state index contributed by atoms with van der Waals surface area (Å²) in [6, 6.07) is 8.31. The van der Waals surface area contributed by atoms with Crippen LogP contribution >= 0.6 is 15.9 Å². The summed E-state index contributed by atoms with van der Waals surface area (Å²) in [7, 11) is 0. The third kappa shape index (κ3) is 0.923. The highest BCUT2D eigenvalue weighted by molar-refractivity contribution is 9.10. The summed E-state index contributed by atoms with van der Waals surface area (Å²) in [5.41, 5.74) is 3.89. The van der Waals surface area contributed by atoms with E-state index >= 15 is 0 Å². The minimum absolute atomic E-state index is 0.916. The molecule has 0 bridgehead atoms. The molecule has 2 heteroatoms. The molecule has 0 atom stereocenters. The van der Waals surface area contributed by atoms with Gasteiger partial charge in [-0.05, 0) is 23.3 Å². The van der Waals surface area contributed by atoms with Crippen LogP contribution in [-0.4, -0.2) is 0 Å². The minimum Gasteiger partial charge on any atom is -0.468 e. The quantitative estimate of drug-likeness (QED) is 0.580. The Bertz CT molecular complexity index is 471. The molecule has 1 aliphatic carbocycles. The van der Waals surface area contributed by atoms with E-state index in [4.69, 9.17) is 4.42 Å². The molecule has 0 saturated heterocycles. The highest BCUT2D eigenvalue weighted by atomic mass is 79.9. The molecule has 0 spiro atoms. The average molecular weight is 235 g/mol. The van der Waals surface area contributed by atoms with Crippen molar-refractivity contribution in [2.45, 2.75) is 6.42 Å². The molecule has 1 nitrogen and oxygen atoms in total. The largest absolute Gasteiger partial charge is 0.468 e. The lowest BCUT2D eigenvalue weighted by Crippen LogP contribution is -1.81. The van der Waals surface area contributed by atoms with Gasteiger partial charge in [-0.1, -0.05) is 28.1 Å². The maximum Gasteiger partial charge on any atom is 0.116 e. The summed E-state index contributed by atoms with van der Waals surface area (Å²) in [4.78, 5) is 0. The van der Waals surface area contributed by atoms with E-state index in [-0.39, 0.29) is 0 Å². The molecule has 0 aliphatic heterocycles. The highest BCUT2D eigenvalue weighted by Crippen LogP contribution is 2.40. The standard InChI is InChI=1S/C11H7BrO/c12-10-3-1-2-7-8-4-5-13-11(8)6-9(7)10/h1-5H,6H2. The van der Waals surface area contributed by atoms with Gasteiger partial charge in [0.2, 0.25) is 0 Å². The number of benzene rings is 1. The molecule has 1 heterocycles. The molecule has 3 rings (SSSR count). The third-order valence-corrected chi connectivity index (χ3v) is 3.23. The Labute approximate surface area is 84.5 Å². The smallest absolute Gasteiger partial charge is 0.116 e. The Morgan fingerprint density at radius 3 is 3.00 bits per heavy atom. The predicted molar refractivity (Wildman–Crippen MR) is 54.7 cm³/mol. The molecule has 0 saturated carbocycles. The van der Waals surface area contributed by atoms with Crippen LogP contribution in [0.2, 0.25) is 0 Å². The second-order valence-corrected chi connectivity index (χ2v) is 4.05. The Hall–Kier alpha value is -1.02. The van der Waals surface area contributed by atoms with E-state index < -0.39 is 0 Å². The van der Waals surface area contributed by atoms with Crippen LogP contribution in [0.15, 0.2) is 39.4 Å². The van der Waals surface area contributed by atoms with E-state index in [9.17, 15) is 0 Å². The van der Waals surface area contributed by atoms with Crippen LogP contribution in [0.3, 0.4) is 0 Å². The number of hydrogen-bond donors (Lipinski definition) is 0. The first-order valence-electron chi connectivity index (χ1n) is 4.20. The molecule has 1 aliphatic rings. The lowest BCUT2D eigenvalue weighted by atomic mass is 10.1. The van der Waals surface area contributed by atoms with Crippen molar-refractivity contribution in [1.29, 1.82) is 0 Å². The number of rotatable bonds is 0. The van der Waals surface area contributed by atoms with Crippen molar-refractivity contribution in [1.82, 2.24) is 0 Å². The zero-order valence-electron chi connectivity index (χ0n) is 6.88. The molecule has 1 aromatic heterocycles. The van der Waals surface area contributed by atoms with Crippen LogP contribution < -0.4 is 0 Å². The van der Waals surface area contributed by atoms with Crippen molar-refractivity contribution in [2.75, 3.05) is 0 Å². The fourth-order valence-electron chi connectivity index (χ4n) is 1.87. The molecule has 2 aromatic rings. The Kier molecular flexibility index (Phi) is 1.41. The van der Waals surface area contributed by atoms with E-state index in [1.807, 2.05) is 6.07 Å². The molecule has 0 fully saturated rings. The molecule has 13 heavy (non-hydrogen) atoms. The first-order chi connectivity index (χ1) is 6.36. The van der Waals surface area contributed by atoms with E-state index in [1.165, 1.54) is 21.2 Å². The number of hydrogen-bond acceptors (Lipinski definition) is 1. The van der Waals surface area contributed by atoms with Crippen LogP contribution in [-0.2, 0) is 6.42 Å². The van der Waals surface area contributed by atoms with Gasteiger partial charge in [-0.2, -0.15) is 0 Å². The Morgan fingerprint density at radius 1 is 1.15 bits per heavy atom. The van der Waals surface area contributed by atoms with E-state index in [2.05, 4.69) is 34.1 Å². The molecule has 0 N–H and O–H groups in total. The summed E-state index contributed by atoms with van der Waals surface area (Å²) in [5, 5.41) is 0. The van der Waals surface area contributed by atoms with Crippen LogP contribution in [0, 0.1) is 0 Å². The van der Waals surface area contributed by atoms with Gasteiger partial charge >= 0.3 is 0 Å². The van der Waals surface area contributed by atoms with Crippen molar-refractivity contribution >= 4 is 15.9 Å². The van der Waals surface area contributed by atoms with E-state index in [0.29, 0.717) is 0 Å². The van der Waals surface area contributed by atoms with Crippen LogP contribution in [0.25, 0.3) is 11.1 Å². The van der Waals surface area contributed by atoms with Crippen molar-refractivity contribution in [3.8, 4) is 11.1 Å². The lowest BCUT2D eigenvalue weighted by molar-refractivity contribution is 0.525.